The number of carbonyl (C=O) groups is 2. The highest BCUT2D eigenvalue weighted by atomic mass is 32.1. The molecule has 3 atom stereocenters. The lowest BCUT2D eigenvalue weighted by Crippen LogP contribution is -2.45. The minimum Gasteiger partial charge on any atom is -0.497 e. The predicted molar refractivity (Wildman–Crippen MR) is 158 cm³/mol. The largest absolute Gasteiger partial charge is 0.497 e. The molecular formula is C30H36N2O8S. The summed E-state index contributed by atoms with van der Waals surface area (Å²) >= 11 is 1.84. The fraction of sp³-hybridized carbons (Fsp3) is 0.400. The van der Waals surface area contributed by atoms with Gasteiger partial charge in [-0.3, -0.25) is 4.90 Å². The van der Waals surface area contributed by atoms with Gasteiger partial charge >= 0.3 is 11.9 Å². The molecule has 10 nitrogen and oxygen atoms in total. The molecule has 1 aliphatic rings. The van der Waals surface area contributed by atoms with Crippen LogP contribution in [0.5, 0.6) is 17.2 Å². The van der Waals surface area contributed by atoms with Crippen LogP contribution in [0.4, 0.5) is 0 Å². The number of aliphatic hydroxyl groups is 1. The molecule has 0 saturated carbocycles. The average Bonchev–Trinajstić information content (AvgIpc) is 3.55. The van der Waals surface area contributed by atoms with Gasteiger partial charge in [-0.1, -0.05) is 6.07 Å². The molecule has 0 radical (unpaired) electrons. The summed E-state index contributed by atoms with van der Waals surface area (Å²) in [4.78, 5) is 25.3. The van der Waals surface area contributed by atoms with E-state index in [0.717, 1.165) is 58.6 Å². The number of ether oxygens (including phenoxy) is 3. The number of β-amino-alcohol motifs (C(OH)–C–C–N with tert-alkyl or cyclic N) is 1. The Kier molecular flexibility index (Phi) is 9.74. The smallest absolute Gasteiger partial charge is 0.414 e. The van der Waals surface area contributed by atoms with Crippen molar-refractivity contribution in [2.45, 2.75) is 44.8 Å². The van der Waals surface area contributed by atoms with Crippen LogP contribution in [0, 0.1) is 6.92 Å². The maximum atomic E-state index is 10.7. The zero-order valence-electron chi connectivity index (χ0n) is 23.5. The van der Waals surface area contributed by atoms with E-state index in [-0.39, 0.29) is 6.61 Å². The van der Waals surface area contributed by atoms with Crippen molar-refractivity contribution >= 4 is 44.3 Å². The first-order valence-corrected chi connectivity index (χ1v) is 14.2. The number of aliphatic carboxylic acids is 2. The number of aliphatic hydroxyl groups excluding tert-OH is 1. The highest BCUT2D eigenvalue weighted by Crippen LogP contribution is 2.42. The van der Waals surface area contributed by atoms with E-state index >= 15 is 0 Å². The number of aromatic nitrogens is 1. The molecule has 0 aliphatic carbocycles. The zero-order valence-corrected chi connectivity index (χ0v) is 24.4. The Hall–Kier alpha value is -3.80. The normalized spacial score (nSPS) is 18.0. The fourth-order valence-electron chi connectivity index (χ4n) is 5.24. The minimum atomic E-state index is -1.82. The van der Waals surface area contributed by atoms with Gasteiger partial charge in [-0.2, -0.15) is 0 Å². The van der Waals surface area contributed by atoms with E-state index in [1.54, 1.807) is 14.2 Å². The van der Waals surface area contributed by atoms with Crippen LogP contribution in [-0.4, -0.2) is 83.2 Å². The molecule has 0 spiro atoms. The monoisotopic (exact) mass is 584 g/mol. The third kappa shape index (κ3) is 7.29. The first kappa shape index (κ1) is 30.2. The van der Waals surface area contributed by atoms with E-state index < -0.39 is 18.0 Å². The molecule has 11 heteroatoms. The summed E-state index contributed by atoms with van der Waals surface area (Å²) in [6.45, 7) is 6.17. The minimum absolute atomic E-state index is 0.286. The summed E-state index contributed by atoms with van der Waals surface area (Å²) in [5.74, 6) is -0.636. The lowest BCUT2D eigenvalue weighted by molar-refractivity contribution is -0.159. The van der Waals surface area contributed by atoms with E-state index in [1.165, 1.54) is 9.58 Å². The number of rotatable bonds is 8. The molecule has 1 fully saturated rings. The molecule has 2 aromatic heterocycles. The van der Waals surface area contributed by atoms with Crippen LogP contribution >= 0.6 is 11.3 Å². The lowest BCUT2D eigenvalue weighted by Gasteiger charge is -2.38. The van der Waals surface area contributed by atoms with Crippen LogP contribution in [0.1, 0.15) is 36.3 Å². The lowest BCUT2D eigenvalue weighted by atomic mass is 9.90. The maximum Gasteiger partial charge on any atom is 0.414 e. The van der Waals surface area contributed by atoms with Crippen LogP contribution in [0.25, 0.3) is 21.0 Å². The maximum absolute atomic E-state index is 10.7. The van der Waals surface area contributed by atoms with Crippen LogP contribution in [0.3, 0.4) is 0 Å². The highest BCUT2D eigenvalue weighted by molar-refractivity contribution is 7.19. The van der Waals surface area contributed by atoms with Gasteiger partial charge in [0.05, 0.1) is 14.2 Å². The number of methoxy groups -OCH3 is 2. The Labute approximate surface area is 242 Å². The van der Waals surface area contributed by atoms with Gasteiger partial charge in [0.1, 0.15) is 30.0 Å². The Morgan fingerprint density at radius 2 is 1.83 bits per heavy atom. The molecule has 220 valence electrons. The van der Waals surface area contributed by atoms with Crippen molar-refractivity contribution < 1.29 is 39.1 Å². The summed E-state index contributed by atoms with van der Waals surface area (Å²) in [5, 5.41) is 27.7. The number of carboxylic acid groups (broad SMARTS) is 2. The molecule has 5 rings (SSSR count). The van der Waals surface area contributed by atoms with Crippen LogP contribution in [-0.2, 0) is 9.59 Å². The third-order valence-electron chi connectivity index (χ3n) is 7.28. The van der Waals surface area contributed by atoms with Crippen molar-refractivity contribution in [3.05, 3.63) is 53.0 Å². The van der Waals surface area contributed by atoms with Gasteiger partial charge in [-0.05, 0) is 69.5 Å². The molecule has 1 aliphatic heterocycles. The second-order valence-electron chi connectivity index (χ2n) is 10.2. The van der Waals surface area contributed by atoms with E-state index in [0.29, 0.717) is 18.5 Å². The summed E-state index contributed by atoms with van der Waals surface area (Å²) in [6, 6.07) is 14.8. The second-order valence-corrected chi connectivity index (χ2v) is 11.3. The summed E-state index contributed by atoms with van der Waals surface area (Å²) in [5.41, 5.74) is 2.16. The molecule has 2 aromatic carbocycles. The van der Waals surface area contributed by atoms with E-state index in [1.807, 2.05) is 42.5 Å². The number of piperidine rings is 1. The van der Waals surface area contributed by atoms with Crippen LogP contribution < -0.4 is 14.2 Å². The number of hydrogen-bond donors (Lipinski definition) is 4. The zero-order chi connectivity index (χ0) is 29.7. The first-order valence-electron chi connectivity index (χ1n) is 13.3. The number of nitrogens with one attached hydrogen (secondary N) is 1. The van der Waals surface area contributed by atoms with Gasteiger partial charge in [0.2, 0.25) is 0 Å². The van der Waals surface area contributed by atoms with E-state index in [9.17, 15) is 5.11 Å². The molecular weight excluding hydrogens is 548 g/mol. The number of fused-ring (bicyclic) bond motifs is 2. The van der Waals surface area contributed by atoms with Gasteiger partial charge in [-0.25, -0.2) is 9.59 Å². The molecule has 0 unspecified atom stereocenters. The molecule has 41 heavy (non-hydrogen) atoms. The number of H-pyrrole nitrogens is 1. The summed E-state index contributed by atoms with van der Waals surface area (Å²) < 4.78 is 18.3. The quantitative estimate of drug-likeness (QED) is 0.213. The number of thiophene rings is 1. The van der Waals surface area contributed by atoms with Gasteiger partial charge < -0.3 is 34.5 Å². The number of likely N-dealkylation sites (tertiary alicyclic amines) is 1. The molecule has 1 saturated heterocycles. The van der Waals surface area contributed by atoms with Crippen molar-refractivity contribution in [2.24, 2.45) is 0 Å². The molecule has 4 aromatic rings. The number of nitrogens with zero attached hydrogens (tertiary/aromatic N) is 1. The van der Waals surface area contributed by atoms with Crippen molar-refractivity contribution in [2.75, 3.05) is 33.9 Å². The Morgan fingerprint density at radius 3 is 2.49 bits per heavy atom. The van der Waals surface area contributed by atoms with Gasteiger partial charge in [-0.15, -0.1) is 11.3 Å². The van der Waals surface area contributed by atoms with Gasteiger partial charge in [0.25, 0.3) is 0 Å². The first-order chi connectivity index (χ1) is 19.6. The highest BCUT2D eigenvalue weighted by Gasteiger charge is 2.29. The number of benzene rings is 2. The summed E-state index contributed by atoms with van der Waals surface area (Å²) in [6.07, 6.45) is 1.61. The Balaban J connectivity index is 0.000000585. The third-order valence-corrected chi connectivity index (χ3v) is 8.53. The molecule has 0 bridgehead atoms. The molecule has 4 N–H and O–H groups in total. The number of aryl methyl sites for hydroxylation is 1. The van der Waals surface area contributed by atoms with Gasteiger partial charge in [0.15, 0.2) is 0 Å². The van der Waals surface area contributed by atoms with Crippen molar-refractivity contribution in [1.82, 2.24) is 9.88 Å². The predicted octanol–water partition coefficient (Wildman–Crippen LogP) is 4.87. The SMILES string of the molecule is COc1cc(OC)c2cc([C@H]3CCN(C[C@H](O)COc4cccc5[nH]c(C)cc45)[C@H](C)C3)sc2c1.O=C(O)C(=O)O. The van der Waals surface area contributed by atoms with E-state index in [4.69, 9.17) is 34.0 Å². The van der Waals surface area contributed by atoms with Crippen LogP contribution in [0.15, 0.2) is 42.5 Å². The van der Waals surface area contributed by atoms with Crippen LogP contribution in [0.2, 0.25) is 0 Å². The number of aromatic amines is 1. The molecule has 0 amide bonds. The van der Waals surface area contributed by atoms with Crippen molar-refractivity contribution in [1.29, 1.82) is 0 Å². The summed E-state index contributed by atoms with van der Waals surface area (Å²) in [7, 11) is 3.40. The Morgan fingerprint density at radius 1 is 1.07 bits per heavy atom. The standard InChI is InChI=1S/C28H34N2O4S.C2H2O4/c1-17-10-22-24(29-17)6-5-7-25(22)34-16-20(31)15-30-9-8-19(11-18(30)2)27-14-23-26(33-4)12-21(32-3)13-28(23)35-27;3-1(4)2(5)6/h5-7,10,12-14,18-20,29,31H,8-9,11,15-16H2,1-4H3;(H,3,4)(H,5,6)/t18-,19+,20+;/m1./s1. The fourth-order valence-corrected chi connectivity index (χ4v) is 6.50. The second kappa shape index (κ2) is 13.2. The van der Waals surface area contributed by atoms with Crippen molar-refractivity contribution in [3.8, 4) is 17.2 Å². The number of carboxylic acids is 2. The molecule has 3 heterocycles. The average molecular weight is 585 g/mol. The van der Waals surface area contributed by atoms with Gasteiger partial charge in [0, 0.05) is 50.2 Å². The number of hydrogen-bond acceptors (Lipinski definition) is 8. The van der Waals surface area contributed by atoms with E-state index in [2.05, 4.69) is 35.0 Å². The topological polar surface area (TPSA) is 142 Å². The van der Waals surface area contributed by atoms with Crippen molar-refractivity contribution in [3.63, 3.8) is 0 Å². The Bertz CT molecular complexity index is 1500.